The van der Waals surface area contributed by atoms with Crippen LogP contribution in [0.5, 0.6) is 0 Å². The zero-order valence-electron chi connectivity index (χ0n) is 13.1. The van der Waals surface area contributed by atoms with Crippen LogP contribution >= 0.6 is 0 Å². The van der Waals surface area contributed by atoms with Gasteiger partial charge in [0.1, 0.15) is 0 Å². The Morgan fingerprint density at radius 1 is 0.889 bits per heavy atom. The van der Waals surface area contributed by atoms with Crippen molar-refractivity contribution >= 4 is 0 Å². The van der Waals surface area contributed by atoms with Gasteiger partial charge in [0, 0.05) is 12.6 Å². The van der Waals surface area contributed by atoms with Gasteiger partial charge in [-0.1, -0.05) is 53.4 Å². The molecule has 18 heavy (non-hydrogen) atoms. The van der Waals surface area contributed by atoms with E-state index in [1.807, 2.05) is 0 Å². The fourth-order valence-electron chi connectivity index (χ4n) is 2.34. The minimum Gasteiger partial charge on any atom is -0.377 e. The first-order valence-corrected chi connectivity index (χ1v) is 8.14. The molecule has 2 nitrogen and oxygen atoms in total. The first-order chi connectivity index (χ1) is 8.79. The van der Waals surface area contributed by atoms with Crippen LogP contribution < -0.4 is 5.32 Å². The zero-order valence-corrected chi connectivity index (χ0v) is 13.1. The Morgan fingerprint density at radius 3 is 2.22 bits per heavy atom. The summed E-state index contributed by atoms with van der Waals surface area (Å²) in [7, 11) is 0. The second-order valence-corrected chi connectivity index (χ2v) is 5.23. The van der Waals surface area contributed by atoms with Gasteiger partial charge in [-0.25, -0.2) is 0 Å². The number of unbranched alkanes of at least 4 members (excludes halogenated alkanes) is 3. The van der Waals surface area contributed by atoms with Gasteiger partial charge in [0.25, 0.3) is 0 Å². The molecule has 2 unspecified atom stereocenters. The van der Waals surface area contributed by atoms with E-state index in [4.69, 9.17) is 4.74 Å². The van der Waals surface area contributed by atoms with Crippen molar-refractivity contribution < 1.29 is 4.74 Å². The molecule has 0 aromatic heterocycles. The molecule has 1 N–H and O–H groups in total. The second kappa shape index (κ2) is 13.4. The highest BCUT2D eigenvalue weighted by molar-refractivity contribution is 4.75. The van der Waals surface area contributed by atoms with Crippen LogP contribution in [0.4, 0.5) is 0 Å². The summed E-state index contributed by atoms with van der Waals surface area (Å²) < 4.78 is 6.09. The van der Waals surface area contributed by atoms with Gasteiger partial charge in [0.2, 0.25) is 0 Å². The highest BCUT2D eigenvalue weighted by Gasteiger charge is 2.18. The van der Waals surface area contributed by atoms with Gasteiger partial charge in [-0.3, -0.25) is 0 Å². The number of nitrogens with one attached hydrogen (secondary N) is 1. The maximum absolute atomic E-state index is 6.09. The van der Waals surface area contributed by atoms with E-state index in [9.17, 15) is 0 Å². The largest absolute Gasteiger partial charge is 0.377 e. The number of hydrogen-bond donors (Lipinski definition) is 1. The van der Waals surface area contributed by atoms with Crippen LogP contribution in [-0.2, 0) is 4.74 Å². The topological polar surface area (TPSA) is 21.3 Å². The molecule has 0 saturated carbocycles. The van der Waals surface area contributed by atoms with Crippen LogP contribution in [-0.4, -0.2) is 25.3 Å². The van der Waals surface area contributed by atoms with E-state index in [0.29, 0.717) is 12.1 Å². The summed E-state index contributed by atoms with van der Waals surface area (Å²) in [4.78, 5) is 0. The number of rotatable bonds is 13. The predicted octanol–water partition coefficient (Wildman–Crippen LogP) is 4.53. The highest BCUT2D eigenvalue weighted by atomic mass is 16.5. The SMILES string of the molecule is CCCCCCOC(CC)C(CCC)NCCC. The molecule has 110 valence electrons. The van der Waals surface area contributed by atoms with E-state index in [0.717, 1.165) is 19.6 Å². The average molecular weight is 257 g/mol. The Morgan fingerprint density at radius 2 is 1.67 bits per heavy atom. The third-order valence-corrected chi connectivity index (χ3v) is 3.44. The van der Waals surface area contributed by atoms with Crippen molar-refractivity contribution in [3.8, 4) is 0 Å². The third kappa shape index (κ3) is 8.93. The highest BCUT2D eigenvalue weighted by Crippen LogP contribution is 2.12. The van der Waals surface area contributed by atoms with Gasteiger partial charge >= 0.3 is 0 Å². The summed E-state index contributed by atoms with van der Waals surface area (Å²) in [6, 6.07) is 0.547. The molecular formula is C16H35NO. The van der Waals surface area contributed by atoms with Crippen molar-refractivity contribution in [2.24, 2.45) is 0 Å². The maximum Gasteiger partial charge on any atom is 0.0725 e. The monoisotopic (exact) mass is 257 g/mol. The summed E-state index contributed by atoms with van der Waals surface area (Å²) in [6.07, 6.45) is 10.4. The molecule has 0 fully saturated rings. The Kier molecular flexibility index (Phi) is 13.3. The van der Waals surface area contributed by atoms with Gasteiger partial charge in [-0.2, -0.15) is 0 Å². The molecular weight excluding hydrogens is 222 g/mol. The molecule has 0 rings (SSSR count). The lowest BCUT2D eigenvalue weighted by atomic mass is 10.0. The Hall–Kier alpha value is -0.0800. The molecule has 0 saturated heterocycles. The molecule has 0 aliphatic carbocycles. The van der Waals surface area contributed by atoms with Gasteiger partial charge in [-0.05, 0) is 32.2 Å². The molecule has 0 heterocycles. The fraction of sp³-hybridized carbons (Fsp3) is 1.00. The lowest BCUT2D eigenvalue weighted by molar-refractivity contribution is 0.0195. The molecule has 0 bridgehead atoms. The lowest BCUT2D eigenvalue weighted by Gasteiger charge is -2.27. The fourth-order valence-corrected chi connectivity index (χ4v) is 2.34. The quantitative estimate of drug-likeness (QED) is 0.489. The molecule has 2 heteroatoms. The molecule has 0 aromatic carbocycles. The summed E-state index contributed by atoms with van der Waals surface area (Å²) in [5, 5.41) is 3.65. The van der Waals surface area contributed by atoms with Crippen molar-refractivity contribution in [2.45, 2.75) is 91.2 Å². The molecule has 0 spiro atoms. The van der Waals surface area contributed by atoms with E-state index in [1.54, 1.807) is 0 Å². The third-order valence-electron chi connectivity index (χ3n) is 3.44. The standard InChI is InChI=1S/C16H35NO/c1-5-9-10-11-14-18-16(8-4)15(12-6-2)17-13-7-3/h15-17H,5-14H2,1-4H3. The minimum atomic E-state index is 0.401. The summed E-state index contributed by atoms with van der Waals surface area (Å²) in [5.41, 5.74) is 0. The summed E-state index contributed by atoms with van der Waals surface area (Å²) >= 11 is 0. The molecule has 0 aliphatic rings. The predicted molar refractivity (Wildman–Crippen MR) is 81.2 cm³/mol. The van der Waals surface area contributed by atoms with E-state index >= 15 is 0 Å². The van der Waals surface area contributed by atoms with Crippen LogP contribution in [0.15, 0.2) is 0 Å². The van der Waals surface area contributed by atoms with E-state index in [-0.39, 0.29) is 0 Å². The van der Waals surface area contributed by atoms with Gasteiger partial charge < -0.3 is 10.1 Å². The van der Waals surface area contributed by atoms with E-state index in [2.05, 4.69) is 33.0 Å². The van der Waals surface area contributed by atoms with E-state index in [1.165, 1.54) is 44.9 Å². The van der Waals surface area contributed by atoms with Crippen LogP contribution in [0, 0.1) is 0 Å². The summed E-state index contributed by atoms with van der Waals surface area (Å²) in [5.74, 6) is 0. The zero-order chi connectivity index (χ0) is 13.6. The summed E-state index contributed by atoms with van der Waals surface area (Å²) in [6.45, 7) is 11.0. The van der Waals surface area contributed by atoms with Crippen LogP contribution in [0.2, 0.25) is 0 Å². The van der Waals surface area contributed by atoms with Crippen LogP contribution in [0.1, 0.15) is 79.1 Å². The molecule has 2 atom stereocenters. The van der Waals surface area contributed by atoms with Crippen LogP contribution in [0.25, 0.3) is 0 Å². The lowest BCUT2D eigenvalue weighted by Crippen LogP contribution is -2.41. The maximum atomic E-state index is 6.09. The van der Waals surface area contributed by atoms with Gasteiger partial charge in [0.15, 0.2) is 0 Å². The van der Waals surface area contributed by atoms with Crippen molar-refractivity contribution in [1.29, 1.82) is 0 Å². The molecule has 0 aliphatic heterocycles. The Bertz CT molecular complexity index is 161. The first kappa shape index (κ1) is 17.9. The van der Waals surface area contributed by atoms with Gasteiger partial charge in [0.05, 0.1) is 6.10 Å². The number of ether oxygens (including phenoxy) is 1. The van der Waals surface area contributed by atoms with E-state index < -0.39 is 0 Å². The van der Waals surface area contributed by atoms with Crippen LogP contribution in [0.3, 0.4) is 0 Å². The normalized spacial score (nSPS) is 14.7. The van der Waals surface area contributed by atoms with Crippen molar-refractivity contribution in [2.75, 3.05) is 13.2 Å². The first-order valence-electron chi connectivity index (χ1n) is 8.14. The Labute approximate surface area is 115 Å². The van der Waals surface area contributed by atoms with Crippen molar-refractivity contribution in [1.82, 2.24) is 5.32 Å². The minimum absolute atomic E-state index is 0.401. The molecule has 0 aromatic rings. The second-order valence-electron chi connectivity index (χ2n) is 5.23. The average Bonchev–Trinajstić information content (AvgIpc) is 2.39. The molecule has 0 radical (unpaired) electrons. The van der Waals surface area contributed by atoms with Crippen molar-refractivity contribution in [3.05, 3.63) is 0 Å². The molecule has 0 amide bonds. The van der Waals surface area contributed by atoms with Crippen molar-refractivity contribution in [3.63, 3.8) is 0 Å². The number of hydrogen-bond acceptors (Lipinski definition) is 2. The Balaban J connectivity index is 3.90. The van der Waals surface area contributed by atoms with Gasteiger partial charge in [-0.15, -0.1) is 0 Å². The smallest absolute Gasteiger partial charge is 0.0725 e.